The predicted molar refractivity (Wildman–Crippen MR) is 110 cm³/mol. The molecular weight excluding hydrogens is 336 g/mol. The number of methoxy groups -OCH3 is 2. The number of nitriles is 1. The predicted octanol–water partition coefficient (Wildman–Crippen LogP) is 4.57. The summed E-state index contributed by atoms with van der Waals surface area (Å²) in [5.74, 6) is 1.51. The van der Waals surface area contributed by atoms with Gasteiger partial charge in [-0.2, -0.15) is 5.26 Å². The summed E-state index contributed by atoms with van der Waals surface area (Å²) in [6.07, 6.45) is 2.85. The van der Waals surface area contributed by atoms with Crippen molar-refractivity contribution in [3.8, 4) is 17.6 Å². The normalized spacial score (nSPS) is 11.9. The van der Waals surface area contributed by atoms with Gasteiger partial charge in [0.2, 0.25) is 0 Å². The van der Waals surface area contributed by atoms with Crippen molar-refractivity contribution in [2.24, 2.45) is 0 Å². The van der Waals surface area contributed by atoms with Gasteiger partial charge in [-0.15, -0.1) is 0 Å². The fourth-order valence-electron chi connectivity index (χ4n) is 3.30. The topological polar surface area (TPSA) is 45.5 Å². The Labute approximate surface area is 163 Å². The fourth-order valence-corrected chi connectivity index (χ4v) is 3.30. The largest absolute Gasteiger partial charge is 0.493 e. The van der Waals surface area contributed by atoms with Gasteiger partial charge in [0.05, 0.1) is 26.2 Å². The van der Waals surface area contributed by atoms with Gasteiger partial charge in [-0.05, 0) is 68.6 Å². The van der Waals surface area contributed by atoms with Crippen LogP contribution in [0.2, 0.25) is 0 Å². The summed E-state index contributed by atoms with van der Waals surface area (Å²) in [5, 5.41) is 9.53. The number of hydrogen-bond acceptors (Lipinski definition) is 4. The van der Waals surface area contributed by atoms with Gasteiger partial charge in [0.25, 0.3) is 0 Å². The number of hydrogen-bond donors (Lipinski definition) is 0. The van der Waals surface area contributed by atoms with Crippen LogP contribution >= 0.6 is 0 Å². The average Bonchev–Trinajstić information content (AvgIpc) is 2.70. The zero-order valence-electron chi connectivity index (χ0n) is 16.9. The van der Waals surface area contributed by atoms with E-state index in [1.54, 1.807) is 14.2 Å². The molecule has 0 aliphatic carbocycles. The van der Waals surface area contributed by atoms with Crippen LogP contribution in [0.3, 0.4) is 0 Å². The highest BCUT2D eigenvalue weighted by Gasteiger charge is 2.13. The van der Waals surface area contributed by atoms with Gasteiger partial charge in [0, 0.05) is 6.54 Å². The van der Waals surface area contributed by atoms with Gasteiger partial charge in [-0.3, -0.25) is 0 Å². The molecule has 0 unspecified atom stereocenters. The molecular formula is C23H30N2O2. The molecule has 0 saturated heterocycles. The van der Waals surface area contributed by atoms with Crippen LogP contribution in [0, 0.1) is 18.3 Å². The van der Waals surface area contributed by atoms with Gasteiger partial charge < -0.3 is 14.4 Å². The van der Waals surface area contributed by atoms with Crippen LogP contribution in [0.15, 0.2) is 42.5 Å². The van der Waals surface area contributed by atoms with E-state index in [-0.39, 0.29) is 5.92 Å². The second-order valence-electron chi connectivity index (χ2n) is 6.92. The molecule has 0 aliphatic rings. The maximum absolute atomic E-state index is 9.53. The highest BCUT2D eigenvalue weighted by atomic mass is 16.5. The second kappa shape index (κ2) is 10.6. The lowest BCUT2D eigenvalue weighted by Crippen LogP contribution is -2.22. The van der Waals surface area contributed by atoms with Gasteiger partial charge >= 0.3 is 0 Å². The van der Waals surface area contributed by atoms with E-state index < -0.39 is 0 Å². The van der Waals surface area contributed by atoms with Crippen molar-refractivity contribution < 1.29 is 9.47 Å². The summed E-state index contributed by atoms with van der Waals surface area (Å²) in [5.41, 5.74) is 3.59. The molecule has 1 atom stereocenters. The molecule has 0 aliphatic heterocycles. The maximum atomic E-state index is 9.53. The Kier molecular flexibility index (Phi) is 8.16. The van der Waals surface area contributed by atoms with Crippen molar-refractivity contribution in [1.29, 1.82) is 5.26 Å². The maximum Gasteiger partial charge on any atom is 0.160 e. The van der Waals surface area contributed by atoms with Crippen molar-refractivity contribution in [2.45, 2.75) is 32.1 Å². The van der Waals surface area contributed by atoms with E-state index in [0.717, 1.165) is 49.4 Å². The van der Waals surface area contributed by atoms with E-state index in [1.165, 1.54) is 11.1 Å². The van der Waals surface area contributed by atoms with E-state index >= 15 is 0 Å². The van der Waals surface area contributed by atoms with Gasteiger partial charge in [-0.25, -0.2) is 0 Å². The van der Waals surface area contributed by atoms with Crippen molar-refractivity contribution in [3.63, 3.8) is 0 Å². The summed E-state index contributed by atoms with van der Waals surface area (Å²) < 4.78 is 10.7. The number of nitrogens with zero attached hydrogens (tertiary/aromatic N) is 2. The summed E-state index contributed by atoms with van der Waals surface area (Å²) in [6, 6.07) is 16.7. The molecule has 4 heteroatoms. The zero-order valence-corrected chi connectivity index (χ0v) is 16.9. The standard InChI is InChI=1S/C23H30N2O2/c1-18-8-5-6-10-21(18)20(17-24)9-7-14-25(2)15-13-19-11-12-22(26-3)23(16-19)27-4/h5-6,8,10-12,16,20H,7,9,13-15H2,1-4H3/t20-/m1/s1. The van der Waals surface area contributed by atoms with Crippen LogP contribution in [-0.2, 0) is 6.42 Å². The molecule has 0 aromatic heterocycles. The molecule has 0 N–H and O–H groups in total. The number of benzene rings is 2. The Morgan fingerprint density at radius 1 is 1.04 bits per heavy atom. The van der Waals surface area contributed by atoms with Crippen LogP contribution in [0.4, 0.5) is 0 Å². The molecule has 0 bridgehead atoms. The number of aryl methyl sites for hydroxylation is 1. The summed E-state index contributed by atoms with van der Waals surface area (Å²) >= 11 is 0. The minimum Gasteiger partial charge on any atom is -0.493 e. The average molecular weight is 367 g/mol. The highest BCUT2D eigenvalue weighted by Crippen LogP contribution is 2.28. The molecule has 27 heavy (non-hydrogen) atoms. The third-order valence-corrected chi connectivity index (χ3v) is 4.98. The molecule has 0 spiro atoms. The summed E-state index contributed by atoms with van der Waals surface area (Å²) in [4.78, 5) is 2.32. The number of ether oxygens (including phenoxy) is 2. The lowest BCUT2D eigenvalue weighted by atomic mass is 9.92. The number of rotatable bonds is 10. The van der Waals surface area contributed by atoms with Crippen molar-refractivity contribution in [1.82, 2.24) is 4.90 Å². The molecule has 144 valence electrons. The molecule has 0 fully saturated rings. The first-order chi connectivity index (χ1) is 13.1. The lowest BCUT2D eigenvalue weighted by molar-refractivity contribution is 0.327. The van der Waals surface area contributed by atoms with Gasteiger partial charge in [0.1, 0.15) is 0 Å². The van der Waals surface area contributed by atoms with Crippen molar-refractivity contribution in [3.05, 3.63) is 59.2 Å². The minimum atomic E-state index is -0.0227. The second-order valence-corrected chi connectivity index (χ2v) is 6.92. The third-order valence-electron chi connectivity index (χ3n) is 4.98. The first-order valence-corrected chi connectivity index (χ1v) is 9.43. The lowest BCUT2D eigenvalue weighted by Gasteiger charge is -2.18. The molecule has 0 amide bonds. The van der Waals surface area contributed by atoms with E-state index in [0.29, 0.717) is 0 Å². The zero-order chi connectivity index (χ0) is 19.6. The molecule has 2 aromatic rings. The monoisotopic (exact) mass is 366 g/mol. The molecule has 4 nitrogen and oxygen atoms in total. The minimum absolute atomic E-state index is 0.0227. The van der Waals surface area contributed by atoms with Crippen LogP contribution in [0.25, 0.3) is 0 Å². The molecule has 0 saturated carbocycles. The Bertz CT molecular complexity index is 767. The van der Waals surface area contributed by atoms with Gasteiger partial charge in [-0.1, -0.05) is 30.3 Å². The summed E-state index contributed by atoms with van der Waals surface area (Å²) in [6.45, 7) is 4.03. The SMILES string of the molecule is COc1ccc(CCN(C)CCC[C@H](C#N)c2ccccc2C)cc1OC. The first-order valence-electron chi connectivity index (χ1n) is 9.43. The van der Waals surface area contributed by atoms with Crippen LogP contribution in [0.1, 0.15) is 35.4 Å². The van der Waals surface area contributed by atoms with Crippen LogP contribution in [0.5, 0.6) is 11.5 Å². The van der Waals surface area contributed by atoms with Crippen molar-refractivity contribution in [2.75, 3.05) is 34.4 Å². The van der Waals surface area contributed by atoms with Gasteiger partial charge in [0.15, 0.2) is 11.5 Å². The quantitative estimate of drug-likeness (QED) is 0.618. The highest BCUT2D eigenvalue weighted by molar-refractivity contribution is 5.43. The van der Waals surface area contributed by atoms with Crippen molar-refractivity contribution >= 4 is 0 Å². The Morgan fingerprint density at radius 3 is 2.44 bits per heavy atom. The molecule has 2 aromatic carbocycles. The number of likely N-dealkylation sites (N-methyl/N-ethyl adjacent to an activating group) is 1. The van der Waals surface area contributed by atoms with E-state index in [9.17, 15) is 5.26 Å². The molecule has 2 rings (SSSR count). The first kappa shape index (κ1) is 20.8. The molecule has 0 radical (unpaired) electrons. The fraction of sp³-hybridized carbons (Fsp3) is 0.435. The van der Waals surface area contributed by atoms with E-state index in [2.05, 4.69) is 43.1 Å². The Balaban J connectivity index is 1.80. The summed E-state index contributed by atoms with van der Waals surface area (Å²) in [7, 11) is 5.44. The third kappa shape index (κ3) is 6.01. The molecule has 0 heterocycles. The van der Waals surface area contributed by atoms with E-state index in [4.69, 9.17) is 9.47 Å². The Morgan fingerprint density at radius 2 is 1.78 bits per heavy atom. The Hall–Kier alpha value is -2.51. The van der Waals surface area contributed by atoms with Crippen LogP contribution < -0.4 is 9.47 Å². The van der Waals surface area contributed by atoms with Crippen LogP contribution in [-0.4, -0.2) is 39.3 Å². The smallest absolute Gasteiger partial charge is 0.160 e. The van der Waals surface area contributed by atoms with E-state index in [1.807, 2.05) is 24.3 Å².